The quantitative estimate of drug-likeness (QED) is 0.260. The molecule has 1 atom stereocenters. The van der Waals surface area contributed by atoms with Gasteiger partial charge >= 0.3 is 0 Å². The highest BCUT2D eigenvalue weighted by Crippen LogP contribution is 2.38. The molecular formula is C18H16N2O2S2. The van der Waals surface area contributed by atoms with E-state index in [0.29, 0.717) is 0 Å². The SMILES string of the molecule is Cc1ccc(SC(Nc2ccc([N+](=O)[O-])cc2)c2cccs2)cc1. The number of benzene rings is 2. The van der Waals surface area contributed by atoms with E-state index >= 15 is 0 Å². The zero-order valence-corrected chi connectivity index (χ0v) is 14.6. The Hall–Kier alpha value is -2.31. The lowest BCUT2D eigenvalue weighted by molar-refractivity contribution is -0.384. The summed E-state index contributed by atoms with van der Waals surface area (Å²) in [5, 5.41) is 16.3. The Balaban J connectivity index is 1.80. The van der Waals surface area contributed by atoms with Gasteiger partial charge in [0, 0.05) is 27.6 Å². The Kier molecular flexibility index (Phi) is 5.17. The second kappa shape index (κ2) is 7.51. The number of nitrogens with zero attached hydrogens (tertiary/aromatic N) is 1. The summed E-state index contributed by atoms with van der Waals surface area (Å²) in [4.78, 5) is 12.8. The van der Waals surface area contributed by atoms with Crippen LogP contribution in [0, 0.1) is 17.0 Å². The largest absolute Gasteiger partial charge is 0.369 e. The van der Waals surface area contributed by atoms with Crippen LogP contribution in [-0.4, -0.2) is 4.92 Å². The molecule has 3 rings (SSSR count). The number of thioether (sulfide) groups is 1. The van der Waals surface area contributed by atoms with Crippen molar-refractivity contribution < 1.29 is 4.92 Å². The first-order valence-electron chi connectivity index (χ1n) is 7.39. The van der Waals surface area contributed by atoms with E-state index in [-0.39, 0.29) is 16.0 Å². The van der Waals surface area contributed by atoms with Crippen molar-refractivity contribution in [2.24, 2.45) is 0 Å². The fraction of sp³-hybridized carbons (Fsp3) is 0.111. The third-order valence-electron chi connectivity index (χ3n) is 3.45. The summed E-state index contributed by atoms with van der Waals surface area (Å²) in [5.41, 5.74) is 2.19. The standard InChI is InChI=1S/C18H16N2O2S2/c1-13-4-10-16(11-5-13)24-18(17-3-2-12-23-17)19-14-6-8-15(9-7-14)20(21)22/h2-12,18-19H,1H3. The van der Waals surface area contributed by atoms with Gasteiger partial charge in [0.1, 0.15) is 5.37 Å². The number of nitrogens with one attached hydrogen (secondary N) is 1. The number of thiophene rings is 1. The molecule has 1 unspecified atom stereocenters. The van der Waals surface area contributed by atoms with Crippen LogP contribution in [0.1, 0.15) is 15.8 Å². The summed E-state index contributed by atoms with van der Waals surface area (Å²) < 4.78 is 0. The summed E-state index contributed by atoms with van der Waals surface area (Å²) >= 11 is 3.42. The van der Waals surface area contributed by atoms with E-state index in [9.17, 15) is 10.1 Å². The number of hydrogen-bond acceptors (Lipinski definition) is 5. The van der Waals surface area contributed by atoms with E-state index in [1.165, 1.54) is 27.5 Å². The number of nitro groups is 1. The zero-order valence-electron chi connectivity index (χ0n) is 13.0. The van der Waals surface area contributed by atoms with E-state index in [2.05, 4.69) is 48.0 Å². The smallest absolute Gasteiger partial charge is 0.269 e. The third kappa shape index (κ3) is 4.15. The molecule has 24 heavy (non-hydrogen) atoms. The molecule has 0 radical (unpaired) electrons. The Morgan fingerprint density at radius 3 is 2.38 bits per heavy atom. The normalized spacial score (nSPS) is 11.9. The van der Waals surface area contributed by atoms with Gasteiger partial charge in [-0.05, 0) is 42.6 Å². The molecule has 0 fully saturated rings. The number of rotatable bonds is 6. The monoisotopic (exact) mass is 356 g/mol. The van der Waals surface area contributed by atoms with Crippen molar-refractivity contribution in [1.82, 2.24) is 0 Å². The van der Waals surface area contributed by atoms with E-state index in [0.717, 1.165) is 5.69 Å². The molecule has 0 aliphatic rings. The van der Waals surface area contributed by atoms with Crippen LogP contribution in [0.15, 0.2) is 70.9 Å². The molecule has 1 N–H and O–H groups in total. The highest BCUT2D eigenvalue weighted by Gasteiger charge is 2.15. The highest BCUT2D eigenvalue weighted by molar-refractivity contribution is 7.99. The van der Waals surface area contributed by atoms with Gasteiger partial charge in [-0.15, -0.1) is 11.3 Å². The number of hydrogen-bond donors (Lipinski definition) is 1. The minimum atomic E-state index is -0.387. The molecular weight excluding hydrogens is 340 g/mol. The topological polar surface area (TPSA) is 55.2 Å². The van der Waals surface area contributed by atoms with E-state index in [1.807, 2.05) is 6.07 Å². The molecule has 2 aromatic carbocycles. The number of anilines is 1. The lowest BCUT2D eigenvalue weighted by Gasteiger charge is -2.18. The Morgan fingerprint density at radius 1 is 1.08 bits per heavy atom. The number of nitro benzene ring substituents is 1. The third-order valence-corrected chi connectivity index (χ3v) is 5.69. The molecule has 0 spiro atoms. The van der Waals surface area contributed by atoms with Crippen LogP contribution < -0.4 is 5.32 Å². The molecule has 0 amide bonds. The average molecular weight is 356 g/mol. The maximum absolute atomic E-state index is 10.8. The summed E-state index contributed by atoms with van der Waals surface area (Å²) in [7, 11) is 0. The highest BCUT2D eigenvalue weighted by atomic mass is 32.2. The molecule has 122 valence electrons. The average Bonchev–Trinajstić information content (AvgIpc) is 3.11. The van der Waals surface area contributed by atoms with Gasteiger partial charge in [-0.25, -0.2) is 0 Å². The van der Waals surface area contributed by atoms with Gasteiger partial charge in [0.2, 0.25) is 0 Å². The van der Waals surface area contributed by atoms with Crippen molar-refractivity contribution in [3.05, 3.63) is 86.6 Å². The van der Waals surface area contributed by atoms with Crippen LogP contribution in [-0.2, 0) is 0 Å². The van der Waals surface area contributed by atoms with Crippen LogP contribution in [0.5, 0.6) is 0 Å². The molecule has 0 aliphatic carbocycles. The number of aryl methyl sites for hydroxylation is 1. The maximum atomic E-state index is 10.8. The Bertz CT molecular complexity index is 800. The minimum absolute atomic E-state index is 0.0502. The first-order valence-corrected chi connectivity index (χ1v) is 9.15. The molecule has 3 aromatic rings. The second-order valence-corrected chi connectivity index (χ2v) is 7.43. The maximum Gasteiger partial charge on any atom is 0.269 e. The van der Waals surface area contributed by atoms with Crippen LogP contribution in [0.3, 0.4) is 0 Å². The van der Waals surface area contributed by atoms with Crippen molar-refractivity contribution in [2.75, 3.05) is 5.32 Å². The van der Waals surface area contributed by atoms with Crippen molar-refractivity contribution >= 4 is 34.5 Å². The fourth-order valence-corrected chi connectivity index (χ4v) is 4.10. The van der Waals surface area contributed by atoms with Gasteiger partial charge in [0.15, 0.2) is 0 Å². The molecule has 1 heterocycles. The van der Waals surface area contributed by atoms with E-state index in [4.69, 9.17) is 0 Å². The van der Waals surface area contributed by atoms with Crippen molar-refractivity contribution in [1.29, 1.82) is 0 Å². The first kappa shape index (κ1) is 16.5. The van der Waals surface area contributed by atoms with Gasteiger partial charge in [0.25, 0.3) is 5.69 Å². The minimum Gasteiger partial charge on any atom is -0.369 e. The molecule has 0 aliphatic heterocycles. The fourth-order valence-electron chi connectivity index (χ4n) is 2.18. The Labute approximate surface area is 148 Å². The van der Waals surface area contributed by atoms with Crippen molar-refractivity contribution in [3.63, 3.8) is 0 Å². The second-order valence-electron chi connectivity index (χ2n) is 5.27. The molecule has 1 aromatic heterocycles. The predicted octanol–water partition coefficient (Wildman–Crippen LogP) is 5.87. The molecule has 0 saturated heterocycles. The van der Waals surface area contributed by atoms with Crippen LogP contribution in [0.4, 0.5) is 11.4 Å². The van der Waals surface area contributed by atoms with Crippen LogP contribution >= 0.6 is 23.1 Å². The van der Waals surface area contributed by atoms with Gasteiger partial charge in [-0.2, -0.15) is 0 Å². The van der Waals surface area contributed by atoms with Crippen LogP contribution in [0.2, 0.25) is 0 Å². The van der Waals surface area contributed by atoms with E-state index in [1.54, 1.807) is 35.2 Å². The predicted molar refractivity (Wildman–Crippen MR) is 101 cm³/mol. The molecule has 0 bridgehead atoms. The van der Waals surface area contributed by atoms with Crippen LogP contribution in [0.25, 0.3) is 0 Å². The lowest BCUT2D eigenvalue weighted by atomic mass is 10.2. The zero-order chi connectivity index (χ0) is 16.9. The number of non-ortho nitro benzene ring substituents is 1. The Morgan fingerprint density at radius 2 is 1.79 bits per heavy atom. The van der Waals surface area contributed by atoms with Crippen molar-refractivity contribution in [2.45, 2.75) is 17.2 Å². The summed E-state index contributed by atoms with van der Waals surface area (Å²) in [6.45, 7) is 2.07. The molecule has 4 nitrogen and oxygen atoms in total. The van der Waals surface area contributed by atoms with Crippen molar-refractivity contribution in [3.8, 4) is 0 Å². The van der Waals surface area contributed by atoms with Gasteiger partial charge in [0.05, 0.1) is 4.92 Å². The summed E-state index contributed by atoms with van der Waals surface area (Å²) in [5.74, 6) is 0. The molecule has 0 saturated carbocycles. The van der Waals surface area contributed by atoms with Gasteiger partial charge in [-0.3, -0.25) is 10.1 Å². The lowest BCUT2D eigenvalue weighted by Crippen LogP contribution is -2.05. The first-order chi connectivity index (χ1) is 11.6. The van der Waals surface area contributed by atoms with Gasteiger partial charge in [-0.1, -0.05) is 35.5 Å². The molecule has 6 heteroatoms. The summed E-state index contributed by atoms with van der Waals surface area (Å²) in [6, 6.07) is 19.1. The summed E-state index contributed by atoms with van der Waals surface area (Å²) in [6.07, 6.45) is 0. The van der Waals surface area contributed by atoms with E-state index < -0.39 is 0 Å². The van der Waals surface area contributed by atoms with Gasteiger partial charge < -0.3 is 5.32 Å².